The van der Waals surface area contributed by atoms with Crippen molar-refractivity contribution in [3.8, 4) is 17.2 Å². The van der Waals surface area contributed by atoms with Crippen LogP contribution in [0, 0.1) is 6.92 Å². The maximum Gasteiger partial charge on any atom is 0.295 e. The van der Waals surface area contributed by atoms with Gasteiger partial charge in [-0.25, -0.2) is 0 Å². The summed E-state index contributed by atoms with van der Waals surface area (Å²) in [6.45, 7) is 5.39. The highest BCUT2D eigenvalue weighted by molar-refractivity contribution is 6.46. The average Bonchev–Trinajstić information content (AvgIpc) is 3.09. The summed E-state index contributed by atoms with van der Waals surface area (Å²) in [5, 5.41) is 11.3. The number of ketones is 1. The molecule has 2 aromatic carbocycles. The number of likely N-dealkylation sites (tertiary alicyclic amines) is 1. The molecule has 8 heteroatoms. The number of hydrogen-bond acceptors (Lipinski definition) is 7. The third-order valence-electron chi connectivity index (χ3n) is 6.02. The lowest BCUT2D eigenvalue weighted by atomic mass is 9.94. The molecule has 0 radical (unpaired) electrons. The Hall–Kier alpha value is -3.52. The highest BCUT2D eigenvalue weighted by atomic mass is 16.5. The fraction of sp³-hybridized carbons (Fsp3) is 0.407. The van der Waals surface area contributed by atoms with E-state index in [-0.39, 0.29) is 11.3 Å². The van der Waals surface area contributed by atoms with Crippen LogP contribution in [0.25, 0.3) is 5.76 Å². The Morgan fingerprint density at radius 2 is 1.71 bits per heavy atom. The minimum atomic E-state index is -0.760. The summed E-state index contributed by atoms with van der Waals surface area (Å²) in [4.78, 5) is 29.9. The predicted molar refractivity (Wildman–Crippen MR) is 134 cm³/mol. The molecule has 1 aliphatic heterocycles. The smallest absolute Gasteiger partial charge is 0.295 e. The van der Waals surface area contributed by atoms with Crippen LogP contribution >= 0.6 is 0 Å². The van der Waals surface area contributed by atoms with Gasteiger partial charge < -0.3 is 29.1 Å². The Kier molecular flexibility index (Phi) is 8.40. The molecule has 0 saturated carbocycles. The molecule has 1 N–H and O–H groups in total. The van der Waals surface area contributed by atoms with Gasteiger partial charge in [-0.1, -0.05) is 6.07 Å². The van der Waals surface area contributed by atoms with Crippen LogP contribution < -0.4 is 14.2 Å². The molecular formula is C27H34N2O6. The van der Waals surface area contributed by atoms with Crippen molar-refractivity contribution >= 4 is 17.4 Å². The lowest BCUT2D eigenvalue weighted by molar-refractivity contribution is -0.139. The number of Topliss-reactive ketones (excluding diaryl/α,β-unsaturated/α-hetero) is 1. The van der Waals surface area contributed by atoms with Crippen molar-refractivity contribution in [2.45, 2.75) is 26.3 Å². The van der Waals surface area contributed by atoms with Crippen LogP contribution in [0.5, 0.6) is 17.2 Å². The molecule has 1 fully saturated rings. The largest absolute Gasteiger partial charge is 0.507 e. The van der Waals surface area contributed by atoms with E-state index in [4.69, 9.17) is 14.2 Å². The van der Waals surface area contributed by atoms with E-state index < -0.39 is 17.7 Å². The monoisotopic (exact) mass is 482 g/mol. The van der Waals surface area contributed by atoms with Gasteiger partial charge in [-0.15, -0.1) is 0 Å². The number of carbonyl (C=O) groups is 2. The van der Waals surface area contributed by atoms with Gasteiger partial charge in [-0.05, 0) is 82.4 Å². The first-order valence-corrected chi connectivity index (χ1v) is 11.6. The lowest BCUT2D eigenvalue weighted by Crippen LogP contribution is -2.32. The molecule has 0 aliphatic carbocycles. The summed E-state index contributed by atoms with van der Waals surface area (Å²) < 4.78 is 16.4. The molecule has 188 valence electrons. The minimum absolute atomic E-state index is 0.0515. The number of methoxy groups -OCH3 is 2. The summed E-state index contributed by atoms with van der Waals surface area (Å²) in [5.74, 6) is 0.143. The van der Waals surface area contributed by atoms with Crippen molar-refractivity contribution < 1.29 is 28.9 Å². The van der Waals surface area contributed by atoms with Gasteiger partial charge in [0.15, 0.2) is 11.5 Å². The number of rotatable bonds is 10. The Morgan fingerprint density at radius 3 is 2.31 bits per heavy atom. The summed E-state index contributed by atoms with van der Waals surface area (Å²) in [6, 6.07) is 9.70. The number of hydrogen-bond donors (Lipinski definition) is 1. The fourth-order valence-electron chi connectivity index (χ4n) is 4.31. The maximum atomic E-state index is 13.2. The maximum absolute atomic E-state index is 13.2. The van der Waals surface area contributed by atoms with Crippen molar-refractivity contribution in [3.63, 3.8) is 0 Å². The number of carbonyl (C=O) groups excluding carboxylic acids is 2. The predicted octanol–water partition coefficient (Wildman–Crippen LogP) is 3.78. The highest BCUT2D eigenvalue weighted by Crippen LogP contribution is 2.42. The van der Waals surface area contributed by atoms with Gasteiger partial charge in [0.25, 0.3) is 11.7 Å². The average molecular weight is 483 g/mol. The second-order valence-corrected chi connectivity index (χ2v) is 8.68. The van der Waals surface area contributed by atoms with Crippen LogP contribution in [-0.4, -0.2) is 74.6 Å². The van der Waals surface area contributed by atoms with Crippen LogP contribution in [-0.2, 0) is 9.59 Å². The zero-order chi connectivity index (χ0) is 25.7. The molecule has 1 aliphatic rings. The third kappa shape index (κ3) is 5.43. The van der Waals surface area contributed by atoms with Crippen LogP contribution in [0.4, 0.5) is 0 Å². The molecule has 8 nitrogen and oxygen atoms in total. The molecule has 1 heterocycles. The van der Waals surface area contributed by atoms with E-state index in [1.54, 1.807) is 43.5 Å². The number of benzene rings is 2. The number of ether oxygens (including phenoxy) is 3. The molecule has 1 unspecified atom stereocenters. The van der Waals surface area contributed by atoms with Crippen LogP contribution in [0.1, 0.15) is 36.1 Å². The Morgan fingerprint density at radius 1 is 1.03 bits per heavy atom. The molecule has 1 amide bonds. The van der Waals surface area contributed by atoms with Gasteiger partial charge in [0.1, 0.15) is 11.5 Å². The fourth-order valence-corrected chi connectivity index (χ4v) is 4.31. The number of nitrogens with zero attached hydrogens (tertiary/aromatic N) is 2. The quantitative estimate of drug-likeness (QED) is 0.313. The van der Waals surface area contributed by atoms with Crippen molar-refractivity contribution in [3.05, 3.63) is 58.7 Å². The van der Waals surface area contributed by atoms with E-state index in [2.05, 4.69) is 0 Å². The SMILES string of the molecule is CCOc1ccc(/C(O)=C2\C(=O)C(=O)N(CCCN(C)C)C2c2ccc(OC)c(OC)c2)cc1C. The van der Waals surface area contributed by atoms with Gasteiger partial charge in [0.05, 0.1) is 32.4 Å². The second kappa shape index (κ2) is 11.3. The summed E-state index contributed by atoms with van der Waals surface area (Å²) in [6.07, 6.45) is 0.673. The van der Waals surface area contributed by atoms with Crippen LogP contribution in [0.15, 0.2) is 42.0 Å². The molecule has 1 saturated heterocycles. The third-order valence-corrected chi connectivity index (χ3v) is 6.02. The number of aryl methyl sites for hydroxylation is 1. The lowest BCUT2D eigenvalue weighted by Gasteiger charge is -2.26. The van der Waals surface area contributed by atoms with E-state index in [1.165, 1.54) is 12.0 Å². The zero-order valence-corrected chi connectivity index (χ0v) is 21.3. The van der Waals surface area contributed by atoms with Gasteiger partial charge in [-0.3, -0.25) is 9.59 Å². The topological polar surface area (TPSA) is 88.5 Å². The first-order valence-electron chi connectivity index (χ1n) is 11.6. The van der Waals surface area contributed by atoms with E-state index >= 15 is 0 Å². The van der Waals surface area contributed by atoms with Crippen molar-refractivity contribution in [2.24, 2.45) is 0 Å². The normalized spacial score (nSPS) is 17.2. The number of aliphatic hydroxyl groups is 1. The Labute approximate surface area is 206 Å². The van der Waals surface area contributed by atoms with E-state index in [1.807, 2.05) is 32.8 Å². The molecule has 0 aromatic heterocycles. The molecule has 0 bridgehead atoms. The van der Waals surface area contributed by atoms with Crippen molar-refractivity contribution in [1.82, 2.24) is 9.80 Å². The molecular weight excluding hydrogens is 448 g/mol. The molecule has 1 atom stereocenters. The standard InChI is InChI=1S/C27H34N2O6/c1-7-35-20-11-10-19(15-17(20)2)25(30)23-24(18-9-12-21(33-5)22(16-18)34-6)29(27(32)26(23)31)14-8-13-28(3)4/h9-12,15-16,24,30H,7-8,13-14H2,1-6H3/b25-23+. The van der Waals surface area contributed by atoms with E-state index in [0.717, 1.165) is 12.1 Å². The summed E-state index contributed by atoms with van der Waals surface area (Å²) in [5.41, 5.74) is 1.97. The summed E-state index contributed by atoms with van der Waals surface area (Å²) >= 11 is 0. The molecule has 2 aromatic rings. The first kappa shape index (κ1) is 26.1. The van der Waals surface area contributed by atoms with Gasteiger partial charge in [-0.2, -0.15) is 0 Å². The highest BCUT2D eigenvalue weighted by Gasteiger charge is 2.46. The summed E-state index contributed by atoms with van der Waals surface area (Å²) in [7, 11) is 6.97. The molecule has 0 spiro atoms. The number of aliphatic hydroxyl groups excluding tert-OH is 1. The van der Waals surface area contributed by atoms with Gasteiger partial charge in [0, 0.05) is 12.1 Å². The van der Waals surface area contributed by atoms with E-state index in [9.17, 15) is 14.7 Å². The van der Waals surface area contributed by atoms with Crippen LogP contribution in [0.2, 0.25) is 0 Å². The molecule has 3 rings (SSSR count). The second-order valence-electron chi connectivity index (χ2n) is 8.68. The Bertz CT molecular complexity index is 1120. The number of amides is 1. The Balaban J connectivity index is 2.14. The van der Waals surface area contributed by atoms with Gasteiger partial charge >= 0.3 is 0 Å². The van der Waals surface area contributed by atoms with Crippen LogP contribution in [0.3, 0.4) is 0 Å². The van der Waals surface area contributed by atoms with E-state index in [0.29, 0.717) is 47.9 Å². The first-order chi connectivity index (χ1) is 16.7. The van der Waals surface area contributed by atoms with Gasteiger partial charge in [0.2, 0.25) is 0 Å². The van der Waals surface area contributed by atoms with Crippen molar-refractivity contribution in [2.75, 3.05) is 48.0 Å². The van der Waals surface area contributed by atoms with Crippen molar-refractivity contribution in [1.29, 1.82) is 0 Å². The minimum Gasteiger partial charge on any atom is -0.507 e. The zero-order valence-electron chi connectivity index (χ0n) is 21.3. The molecule has 35 heavy (non-hydrogen) atoms.